The highest BCUT2D eigenvalue weighted by molar-refractivity contribution is 5.95. The summed E-state index contributed by atoms with van der Waals surface area (Å²) in [5, 5.41) is 11.8. The molecule has 1 aromatic carbocycles. The zero-order valence-corrected chi connectivity index (χ0v) is 19.2. The number of nitrogens with zero attached hydrogens (tertiary/aromatic N) is 1. The summed E-state index contributed by atoms with van der Waals surface area (Å²) in [7, 11) is 0. The Morgan fingerprint density at radius 3 is 2.53 bits per heavy atom. The van der Waals surface area contributed by atoms with Gasteiger partial charge in [0, 0.05) is 13.0 Å². The number of hydrogen-bond acceptors (Lipinski definition) is 4. The third kappa shape index (κ3) is 7.10. The van der Waals surface area contributed by atoms with Crippen molar-refractivity contribution < 1.29 is 27.8 Å². The van der Waals surface area contributed by atoms with Crippen LogP contribution in [-0.2, 0) is 0 Å². The van der Waals surface area contributed by atoms with Crippen LogP contribution in [-0.4, -0.2) is 60.2 Å². The predicted molar refractivity (Wildman–Crippen MR) is 117 cm³/mol. The minimum absolute atomic E-state index is 0.0895. The normalized spacial score (nSPS) is 22.6. The van der Waals surface area contributed by atoms with Crippen molar-refractivity contribution in [1.82, 2.24) is 10.2 Å². The van der Waals surface area contributed by atoms with Gasteiger partial charge in [0.05, 0.1) is 30.9 Å². The average Bonchev–Trinajstić information content (AvgIpc) is 3.46. The van der Waals surface area contributed by atoms with Crippen molar-refractivity contribution in [3.63, 3.8) is 0 Å². The van der Waals surface area contributed by atoms with Crippen molar-refractivity contribution in [2.45, 2.75) is 57.9 Å². The number of carbonyl (C=O) groups is 1. The molecule has 1 aliphatic heterocycles. The Bertz CT molecular complexity index is 789. The summed E-state index contributed by atoms with van der Waals surface area (Å²) in [5.74, 6) is -1.68. The Morgan fingerprint density at radius 1 is 1.25 bits per heavy atom. The molecule has 0 radical (unpaired) electrons. The van der Waals surface area contributed by atoms with Gasteiger partial charge in [-0.1, -0.05) is 0 Å². The van der Waals surface area contributed by atoms with Crippen LogP contribution in [0.15, 0.2) is 18.2 Å². The molecule has 32 heavy (non-hydrogen) atoms. The largest absolute Gasteiger partial charge is 0.493 e. The highest BCUT2D eigenvalue weighted by Crippen LogP contribution is 2.49. The second kappa shape index (κ2) is 10.00. The standard InChI is InChI=1S/C24H35F3N2O3/c1-23(2,15-30)28-22(31)19-5-4-18(13-21(19)25)32-11-8-17-12-20(17)16-6-9-29(10-7-16)14-24(3,26)27/h4-5,13,16-17,20,30H,6-12,14-15H2,1-3H3,(H,28,31)/t17-,20-/m1/s1. The van der Waals surface area contributed by atoms with Crippen LogP contribution in [0.4, 0.5) is 13.2 Å². The quantitative estimate of drug-likeness (QED) is 0.557. The zero-order valence-electron chi connectivity index (χ0n) is 19.2. The molecule has 1 amide bonds. The Morgan fingerprint density at radius 2 is 1.94 bits per heavy atom. The highest BCUT2D eigenvalue weighted by Gasteiger charge is 2.43. The van der Waals surface area contributed by atoms with Gasteiger partial charge in [0.15, 0.2) is 0 Å². The second-order valence-electron chi connectivity index (χ2n) is 10.1. The number of halogens is 3. The third-order valence-electron chi connectivity index (χ3n) is 6.51. The number of hydrogen-bond donors (Lipinski definition) is 2. The fourth-order valence-corrected chi connectivity index (χ4v) is 4.62. The van der Waals surface area contributed by atoms with Crippen molar-refractivity contribution in [2.24, 2.45) is 17.8 Å². The minimum Gasteiger partial charge on any atom is -0.493 e. The molecule has 2 aliphatic rings. The summed E-state index contributed by atoms with van der Waals surface area (Å²) >= 11 is 0. The molecule has 2 fully saturated rings. The highest BCUT2D eigenvalue weighted by atomic mass is 19.3. The Labute approximate surface area is 188 Å². The topological polar surface area (TPSA) is 61.8 Å². The van der Waals surface area contributed by atoms with Crippen LogP contribution < -0.4 is 10.1 Å². The summed E-state index contributed by atoms with van der Waals surface area (Å²) in [6.45, 7) is 5.82. The van der Waals surface area contributed by atoms with Crippen LogP contribution >= 0.6 is 0 Å². The number of benzene rings is 1. The molecule has 0 bridgehead atoms. The van der Waals surface area contributed by atoms with Crippen LogP contribution in [0, 0.1) is 23.6 Å². The Kier molecular flexibility index (Phi) is 7.76. The first kappa shape index (κ1) is 24.8. The van der Waals surface area contributed by atoms with Gasteiger partial charge in [-0.3, -0.25) is 9.69 Å². The van der Waals surface area contributed by atoms with Crippen LogP contribution in [0.5, 0.6) is 5.75 Å². The van der Waals surface area contributed by atoms with Gasteiger partial charge in [-0.2, -0.15) is 0 Å². The Balaban J connectivity index is 1.39. The fraction of sp³-hybridized carbons (Fsp3) is 0.708. The molecule has 2 N–H and O–H groups in total. The fourth-order valence-electron chi connectivity index (χ4n) is 4.62. The molecule has 1 aliphatic carbocycles. The molecule has 0 spiro atoms. The monoisotopic (exact) mass is 456 g/mol. The summed E-state index contributed by atoms with van der Waals surface area (Å²) in [6, 6.07) is 4.18. The number of rotatable bonds is 10. The zero-order chi connectivity index (χ0) is 23.5. The first-order valence-electron chi connectivity index (χ1n) is 11.4. The van der Waals surface area contributed by atoms with Crippen molar-refractivity contribution in [3.8, 4) is 5.75 Å². The van der Waals surface area contributed by atoms with E-state index in [9.17, 15) is 23.1 Å². The molecule has 0 aromatic heterocycles. The van der Waals surface area contributed by atoms with Crippen LogP contribution in [0.3, 0.4) is 0 Å². The molecule has 0 unspecified atom stereocenters. The van der Waals surface area contributed by atoms with E-state index < -0.39 is 23.2 Å². The maximum absolute atomic E-state index is 14.4. The number of nitrogens with one attached hydrogen (secondary N) is 1. The summed E-state index contributed by atoms with van der Waals surface area (Å²) in [6.07, 6.45) is 3.97. The van der Waals surface area contributed by atoms with E-state index in [0.29, 0.717) is 30.1 Å². The number of aliphatic hydroxyl groups is 1. The number of aliphatic hydroxyl groups excluding tert-OH is 1. The lowest BCUT2D eigenvalue weighted by Gasteiger charge is -2.33. The molecule has 3 rings (SSSR count). The second-order valence-corrected chi connectivity index (χ2v) is 10.1. The lowest BCUT2D eigenvalue weighted by molar-refractivity contribution is -0.0232. The first-order chi connectivity index (χ1) is 15.0. The summed E-state index contributed by atoms with van der Waals surface area (Å²) in [5.41, 5.74) is -0.926. The SMILES string of the molecule is CC(F)(F)CN1CCC([C@H]2C[C@H]2CCOc2ccc(C(=O)NC(C)(C)CO)c(F)c2)CC1. The number of piperidine rings is 1. The lowest BCUT2D eigenvalue weighted by atomic mass is 9.90. The van der Waals surface area contributed by atoms with Crippen molar-refractivity contribution >= 4 is 5.91 Å². The Hall–Kier alpha value is -1.80. The van der Waals surface area contributed by atoms with Gasteiger partial charge >= 0.3 is 0 Å². The van der Waals surface area contributed by atoms with Crippen LogP contribution in [0.2, 0.25) is 0 Å². The van der Waals surface area contributed by atoms with E-state index in [1.165, 1.54) is 12.1 Å². The van der Waals surface area contributed by atoms with Gasteiger partial charge in [-0.15, -0.1) is 0 Å². The molecular formula is C24H35F3N2O3. The number of ether oxygens (including phenoxy) is 1. The maximum atomic E-state index is 14.4. The van der Waals surface area contributed by atoms with E-state index in [4.69, 9.17) is 4.74 Å². The minimum atomic E-state index is -2.64. The molecule has 5 nitrogen and oxygen atoms in total. The van der Waals surface area contributed by atoms with E-state index in [-0.39, 0.29) is 18.7 Å². The van der Waals surface area contributed by atoms with Gasteiger partial charge in [-0.25, -0.2) is 13.2 Å². The summed E-state index contributed by atoms with van der Waals surface area (Å²) in [4.78, 5) is 14.1. The van der Waals surface area contributed by atoms with E-state index in [1.807, 2.05) is 4.90 Å². The molecule has 1 aromatic rings. The van der Waals surface area contributed by atoms with E-state index in [2.05, 4.69) is 5.32 Å². The smallest absolute Gasteiger partial charge is 0.257 e. The van der Waals surface area contributed by atoms with Gasteiger partial charge in [0.1, 0.15) is 11.6 Å². The van der Waals surface area contributed by atoms with Gasteiger partial charge in [0.25, 0.3) is 11.8 Å². The van der Waals surface area contributed by atoms with Crippen molar-refractivity contribution in [1.29, 1.82) is 0 Å². The van der Waals surface area contributed by atoms with Crippen LogP contribution in [0.1, 0.15) is 56.8 Å². The van der Waals surface area contributed by atoms with Crippen molar-refractivity contribution in [3.05, 3.63) is 29.6 Å². The van der Waals surface area contributed by atoms with Gasteiger partial charge < -0.3 is 15.2 Å². The summed E-state index contributed by atoms with van der Waals surface area (Å²) < 4.78 is 46.4. The molecule has 1 saturated heterocycles. The number of alkyl halides is 2. The number of carbonyl (C=O) groups excluding carboxylic acids is 1. The molecule has 180 valence electrons. The van der Waals surface area contributed by atoms with Crippen LogP contribution in [0.25, 0.3) is 0 Å². The molecular weight excluding hydrogens is 421 g/mol. The van der Waals surface area contributed by atoms with Gasteiger partial charge in [0.2, 0.25) is 0 Å². The lowest BCUT2D eigenvalue weighted by Crippen LogP contribution is -2.46. The molecule has 1 saturated carbocycles. The average molecular weight is 457 g/mol. The first-order valence-corrected chi connectivity index (χ1v) is 11.4. The molecule has 2 atom stereocenters. The predicted octanol–water partition coefficient (Wildman–Crippen LogP) is 4.10. The molecule has 1 heterocycles. The van der Waals surface area contributed by atoms with E-state index >= 15 is 0 Å². The van der Waals surface area contributed by atoms with E-state index in [0.717, 1.165) is 45.7 Å². The van der Waals surface area contributed by atoms with Gasteiger partial charge in [-0.05, 0) is 82.5 Å². The van der Waals surface area contributed by atoms with Crippen molar-refractivity contribution in [2.75, 3.05) is 32.8 Å². The van der Waals surface area contributed by atoms with E-state index in [1.54, 1.807) is 19.9 Å². The third-order valence-corrected chi connectivity index (χ3v) is 6.51. The number of likely N-dealkylation sites (tertiary alicyclic amines) is 1. The molecule has 8 heteroatoms. The maximum Gasteiger partial charge on any atom is 0.257 e. The number of amides is 1.